The van der Waals surface area contributed by atoms with Crippen molar-refractivity contribution < 1.29 is 18.3 Å². The van der Waals surface area contributed by atoms with Crippen LogP contribution in [-0.2, 0) is 9.53 Å². The molecule has 162 valence electrons. The van der Waals surface area contributed by atoms with Gasteiger partial charge < -0.3 is 4.74 Å². The number of esters is 1. The van der Waals surface area contributed by atoms with Crippen LogP contribution in [0, 0.1) is 5.82 Å². The molecule has 0 bridgehead atoms. The van der Waals surface area contributed by atoms with Crippen LogP contribution in [0.15, 0.2) is 64.7 Å². The topological polar surface area (TPSA) is 61.2 Å². The number of carbonyl (C=O) groups excluding carboxylic acids is 1. The molecule has 0 amide bonds. The van der Waals surface area contributed by atoms with E-state index < -0.39 is 17.3 Å². The van der Waals surface area contributed by atoms with E-state index in [-0.39, 0.29) is 29.1 Å². The third-order valence-electron chi connectivity index (χ3n) is 4.42. The average molecular weight is 463 g/mol. The Balaban J connectivity index is 2.21. The molecule has 0 aliphatic rings. The molecule has 0 aliphatic carbocycles. The van der Waals surface area contributed by atoms with Gasteiger partial charge in [0, 0.05) is 5.92 Å². The fourth-order valence-corrected chi connectivity index (χ4v) is 4.96. The molecule has 0 fully saturated rings. The maximum Gasteiger partial charge on any atom is 0.316 e. The van der Waals surface area contributed by atoms with E-state index in [1.54, 1.807) is 24.4 Å². The van der Waals surface area contributed by atoms with Crippen molar-refractivity contribution in [3.63, 3.8) is 0 Å². The van der Waals surface area contributed by atoms with Gasteiger partial charge in [-0.1, -0.05) is 23.9 Å². The Morgan fingerprint density at radius 3 is 2.94 bits per heavy atom. The molecular formula is C22H20F2N2O3S2. The molecular weight excluding hydrogens is 442 g/mol. The van der Waals surface area contributed by atoms with Crippen LogP contribution in [0.5, 0.6) is 0 Å². The third-order valence-corrected chi connectivity index (χ3v) is 6.22. The van der Waals surface area contributed by atoms with Crippen molar-refractivity contribution in [2.75, 3.05) is 12.4 Å². The van der Waals surface area contributed by atoms with E-state index in [1.807, 2.05) is 0 Å². The zero-order chi connectivity index (χ0) is 22.4. The van der Waals surface area contributed by atoms with E-state index in [0.29, 0.717) is 28.5 Å². The molecule has 1 atom stereocenters. The first kappa shape index (κ1) is 22.9. The molecule has 3 aromatic rings. The Kier molecular flexibility index (Phi) is 7.75. The summed E-state index contributed by atoms with van der Waals surface area (Å²) in [6, 6.07) is 5.56. The van der Waals surface area contributed by atoms with Gasteiger partial charge >= 0.3 is 5.97 Å². The van der Waals surface area contributed by atoms with Crippen LogP contribution in [-0.4, -0.2) is 27.9 Å². The second-order valence-electron chi connectivity index (χ2n) is 6.43. The van der Waals surface area contributed by atoms with Crippen LogP contribution in [0.1, 0.15) is 24.8 Å². The van der Waals surface area contributed by atoms with Crippen LogP contribution in [0.3, 0.4) is 0 Å². The largest absolute Gasteiger partial charge is 0.465 e. The molecule has 0 aliphatic heterocycles. The van der Waals surface area contributed by atoms with Gasteiger partial charge in [0.15, 0.2) is 5.16 Å². The van der Waals surface area contributed by atoms with Gasteiger partial charge in [0.1, 0.15) is 10.6 Å². The number of carbonyl (C=O) groups is 1. The van der Waals surface area contributed by atoms with E-state index in [0.717, 1.165) is 11.8 Å². The van der Waals surface area contributed by atoms with Crippen molar-refractivity contribution >= 4 is 39.3 Å². The van der Waals surface area contributed by atoms with Gasteiger partial charge in [-0.15, -0.1) is 17.9 Å². The molecule has 9 heteroatoms. The standard InChI is InChI=1S/C22H20F2N2O3S2/c1-3-6-14(9-10-23)17-12-30-20-19(17)21(28)26(16-8-5-7-15(24)11-16)22(25-20)31-13-18(27)29-4-2/h3,5,7-12,14H,1,4,6,13H2,2H3/b10-9+. The van der Waals surface area contributed by atoms with Gasteiger partial charge in [-0.2, -0.15) is 0 Å². The first-order valence-electron chi connectivity index (χ1n) is 9.46. The second-order valence-corrected chi connectivity index (χ2v) is 8.23. The molecule has 0 N–H and O–H groups in total. The van der Waals surface area contributed by atoms with E-state index >= 15 is 0 Å². The Hall–Kier alpha value is -2.78. The van der Waals surface area contributed by atoms with Crippen LogP contribution in [0.4, 0.5) is 8.78 Å². The molecule has 3 rings (SSSR count). The van der Waals surface area contributed by atoms with Crippen molar-refractivity contribution in [3.8, 4) is 5.69 Å². The number of hydrogen-bond acceptors (Lipinski definition) is 6. The molecule has 1 unspecified atom stereocenters. The lowest BCUT2D eigenvalue weighted by atomic mass is 9.96. The van der Waals surface area contributed by atoms with E-state index in [9.17, 15) is 18.4 Å². The molecule has 31 heavy (non-hydrogen) atoms. The lowest BCUT2D eigenvalue weighted by Gasteiger charge is -2.14. The predicted molar refractivity (Wildman–Crippen MR) is 120 cm³/mol. The summed E-state index contributed by atoms with van der Waals surface area (Å²) >= 11 is 2.29. The molecule has 2 aromatic heterocycles. The highest BCUT2D eigenvalue weighted by atomic mass is 32.2. The van der Waals surface area contributed by atoms with Crippen LogP contribution < -0.4 is 5.56 Å². The van der Waals surface area contributed by atoms with Gasteiger partial charge in [0.25, 0.3) is 5.56 Å². The quantitative estimate of drug-likeness (QED) is 0.185. The van der Waals surface area contributed by atoms with Crippen LogP contribution in [0.25, 0.3) is 15.9 Å². The number of aromatic nitrogens is 2. The number of thioether (sulfide) groups is 1. The number of halogens is 2. The number of fused-ring (bicyclic) bond motifs is 1. The van der Waals surface area contributed by atoms with E-state index in [2.05, 4.69) is 11.6 Å². The molecule has 2 heterocycles. The van der Waals surface area contributed by atoms with Gasteiger partial charge in [0.2, 0.25) is 0 Å². The normalized spacial score (nSPS) is 12.4. The number of hydrogen-bond donors (Lipinski definition) is 0. The SMILES string of the molecule is C=CCC(/C=C/F)c1csc2nc(SCC(=O)OCC)n(-c3cccc(F)c3)c(=O)c12. The minimum atomic E-state index is -0.513. The summed E-state index contributed by atoms with van der Waals surface area (Å²) in [5.74, 6) is -1.40. The number of benzene rings is 1. The summed E-state index contributed by atoms with van der Waals surface area (Å²) < 4.78 is 33.1. The molecule has 0 radical (unpaired) electrons. The van der Waals surface area contributed by atoms with Gasteiger partial charge in [-0.3, -0.25) is 14.2 Å². The molecule has 5 nitrogen and oxygen atoms in total. The highest BCUT2D eigenvalue weighted by Gasteiger charge is 2.22. The molecule has 1 aromatic carbocycles. The number of rotatable bonds is 9. The maximum absolute atomic E-state index is 13.9. The number of nitrogens with zero attached hydrogens (tertiary/aromatic N) is 2. The maximum atomic E-state index is 13.9. The Morgan fingerprint density at radius 2 is 2.26 bits per heavy atom. The Morgan fingerprint density at radius 1 is 1.45 bits per heavy atom. The minimum Gasteiger partial charge on any atom is -0.465 e. The monoisotopic (exact) mass is 462 g/mol. The minimum absolute atomic E-state index is 0.0526. The van der Waals surface area contributed by atoms with Crippen molar-refractivity contribution in [1.82, 2.24) is 9.55 Å². The summed E-state index contributed by atoms with van der Waals surface area (Å²) in [5, 5.41) is 2.34. The first-order chi connectivity index (χ1) is 15.0. The number of allylic oxidation sites excluding steroid dienone is 2. The highest BCUT2D eigenvalue weighted by Crippen LogP contribution is 2.33. The zero-order valence-corrected chi connectivity index (χ0v) is 18.3. The lowest BCUT2D eigenvalue weighted by Crippen LogP contribution is -2.23. The van der Waals surface area contributed by atoms with Crippen molar-refractivity contribution in [3.05, 3.63) is 76.4 Å². The molecule has 0 saturated carbocycles. The van der Waals surface area contributed by atoms with E-state index in [1.165, 1.54) is 40.2 Å². The summed E-state index contributed by atoms with van der Waals surface area (Å²) in [5.41, 5.74) is 0.488. The smallest absolute Gasteiger partial charge is 0.316 e. The van der Waals surface area contributed by atoms with Crippen molar-refractivity contribution in [2.24, 2.45) is 0 Å². The Labute approximate surface area is 186 Å². The number of thiophene rings is 1. The van der Waals surface area contributed by atoms with Gasteiger partial charge in [-0.05, 0) is 48.6 Å². The van der Waals surface area contributed by atoms with Gasteiger partial charge in [0.05, 0.1) is 29.8 Å². The van der Waals surface area contributed by atoms with Crippen LogP contribution in [0.2, 0.25) is 0 Å². The summed E-state index contributed by atoms with van der Waals surface area (Å²) in [7, 11) is 0. The van der Waals surface area contributed by atoms with Crippen LogP contribution >= 0.6 is 23.1 Å². The second kappa shape index (κ2) is 10.5. The predicted octanol–water partition coefficient (Wildman–Crippen LogP) is 5.38. The Bertz CT molecular complexity index is 1190. The van der Waals surface area contributed by atoms with Crippen molar-refractivity contribution in [2.45, 2.75) is 24.4 Å². The summed E-state index contributed by atoms with van der Waals surface area (Å²) in [4.78, 5) is 30.4. The van der Waals surface area contributed by atoms with Crippen molar-refractivity contribution in [1.29, 1.82) is 0 Å². The fourth-order valence-electron chi connectivity index (χ4n) is 3.11. The first-order valence-corrected chi connectivity index (χ1v) is 11.3. The molecule has 0 saturated heterocycles. The van der Waals surface area contributed by atoms with Gasteiger partial charge in [-0.25, -0.2) is 13.8 Å². The summed E-state index contributed by atoms with van der Waals surface area (Å²) in [6.45, 7) is 5.64. The fraction of sp³-hybridized carbons (Fsp3) is 0.227. The summed E-state index contributed by atoms with van der Waals surface area (Å²) in [6.07, 6.45) is 3.89. The molecule has 0 spiro atoms. The zero-order valence-electron chi connectivity index (χ0n) is 16.7. The highest BCUT2D eigenvalue weighted by molar-refractivity contribution is 7.99. The average Bonchev–Trinajstić information content (AvgIpc) is 3.16. The lowest BCUT2D eigenvalue weighted by molar-refractivity contribution is -0.139. The third kappa shape index (κ3) is 5.11. The van der Waals surface area contributed by atoms with E-state index in [4.69, 9.17) is 4.74 Å². The number of ether oxygens (including phenoxy) is 1.